The minimum absolute atomic E-state index is 0.0102. The molecule has 1 fully saturated rings. The van der Waals surface area contributed by atoms with Crippen LogP contribution in [0.2, 0.25) is 0 Å². The van der Waals surface area contributed by atoms with E-state index < -0.39 is 8.07 Å². The van der Waals surface area contributed by atoms with Gasteiger partial charge in [0.15, 0.2) is 8.07 Å². The molecule has 9 aromatic carbocycles. The minimum Gasteiger partial charge on any atom is -0.309 e. The molecule has 0 bridgehead atoms. The van der Waals surface area contributed by atoms with Crippen LogP contribution in [0.15, 0.2) is 224 Å². The summed E-state index contributed by atoms with van der Waals surface area (Å²) in [6.45, 7) is 0. The van der Waals surface area contributed by atoms with E-state index >= 15 is 0 Å². The molecule has 0 N–H and O–H groups in total. The van der Waals surface area contributed by atoms with Gasteiger partial charge < -0.3 is 9.13 Å². The Morgan fingerprint density at radius 2 is 0.952 bits per heavy atom. The molecule has 0 saturated heterocycles. The normalized spacial score (nSPS) is 14.5. The number of hydrogen-bond donors (Lipinski definition) is 0. The average Bonchev–Trinajstić information content (AvgIpc) is 3.91. The highest BCUT2D eigenvalue weighted by Gasteiger charge is 2.41. The smallest absolute Gasteiger partial charge is 0.179 e. The third-order valence-corrected chi connectivity index (χ3v) is 18.3. The molecule has 63 heavy (non-hydrogen) atoms. The highest BCUT2D eigenvalue weighted by atomic mass is 28.3. The molecule has 0 atom stereocenters. The molecular weight excluding hydrogens is 777 g/mol. The van der Waals surface area contributed by atoms with Crippen molar-refractivity contribution in [2.75, 3.05) is 0 Å². The third kappa shape index (κ3) is 6.13. The van der Waals surface area contributed by atoms with Crippen molar-refractivity contribution in [3.63, 3.8) is 0 Å². The van der Waals surface area contributed by atoms with E-state index in [1.54, 1.807) is 0 Å². The number of aromatic nitrogens is 2. The zero-order valence-electron chi connectivity index (χ0n) is 39.1. The molecule has 302 valence electrons. The second kappa shape index (κ2) is 15.6. The Labute approximate surface area is 376 Å². The van der Waals surface area contributed by atoms with Gasteiger partial charge in [-0.2, -0.15) is 0 Å². The van der Waals surface area contributed by atoms with E-state index in [9.17, 15) is 5.48 Å². The van der Waals surface area contributed by atoms with E-state index in [1.165, 1.54) is 59.5 Å². The molecule has 0 spiro atoms. The second-order valence-electron chi connectivity index (χ2n) is 17.1. The fraction of sp³-hybridized carbons (Fsp3) is 0.100. The summed E-state index contributed by atoms with van der Waals surface area (Å²) < 4.78 is 44.3. The Morgan fingerprint density at radius 1 is 0.397 bits per heavy atom. The van der Waals surface area contributed by atoms with Crippen molar-refractivity contribution in [2.24, 2.45) is 0 Å². The average molecular weight is 829 g/mol. The quantitative estimate of drug-likeness (QED) is 0.107. The maximum atomic E-state index is 9.95. The predicted octanol–water partition coefficient (Wildman–Crippen LogP) is 13.0. The van der Waals surface area contributed by atoms with Gasteiger partial charge >= 0.3 is 0 Å². The summed E-state index contributed by atoms with van der Waals surface area (Å²) in [5.41, 5.74) is 8.84. The molecule has 0 aliphatic heterocycles. The van der Waals surface area contributed by atoms with Gasteiger partial charge in [0.2, 0.25) is 0 Å². The molecule has 12 rings (SSSR count). The third-order valence-electron chi connectivity index (χ3n) is 13.7. The van der Waals surface area contributed by atoms with Gasteiger partial charge in [0, 0.05) is 27.2 Å². The van der Waals surface area contributed by atoms with Gasteiger partial charge in [-0.05, 0) is 98.7 Å². The van der Waals surface area contributed by atoms with Gasteiger partial charge in [0.1, 0.15) is 0 Å². The van der Waals surface area contributed by atoms with E-state index in [4.69, 9.17) is 0 Å². The fourth-order valence-electron chi connectivity index (χ4n) is 10.8. The Bertz CT molecular complexity index is 3540. The Balaban J connectivity index is 1.06. The van der Waals surface area contributed by atoms with Gasteiger partial charge in [-0.1, -0.05) is 201 Å². The highest BCUT2D eigenvalue weighted by Crippen LogP contribution is 2.42. The lowest BCUT2D eigenvalue weighted by Crippen LogP contribution is -2.74. The predicted molar refractivity (Wildman–Crippen MR) is 270 cm³/mol. The number of fused-ring (bicyclic) bond motifs is 6. The molecule has 2 heterocycles. The SMILES string of the molecule is [2H]c1c([2H])c([Si](c2ccccc2)(c2ccccc2)c2ccccc2)c([2H])c([2H])c1-c1cccc(-n2c3ccccc3c3c(-n4c5ccccc5c5ccc(C6CCCCC6)cc54)cccc32)c1. The lowest BCUT2D eigenvalue weighted by Gasteiger charge is -2.34. The van der Waals surface area contributed by atoms with Crippen molar-refractivity contribution in [1.82, 2.24) is 9.13 Å². The molecule has 1 aliphatic rings. The molecule has 0 amide bonds. The van der Waals surface area contributed by atoms with E-state index in [0.717, 1.165) is 48.7 Å². The van der Waals surface area contributed by atoms with Crippen LogP contribution in [-0.4, -0.2) is 17.2 Å². The van der Waals surface area contributed by atoms with Crippen LogP contribution in [0.1, 0.15) is 49.1 Å². The van der Waals surface area contributed by atoms with Crippen molar-refractivity contribution in [3.8, 4) is 22.5 Å². The molecule has 11 aromatic rings. The maximum absolute atomic E-state index is 9.95. The van der Waals surface area contributed by atoms with Crippen LogP contribution >= 0.6 is 0 Å². The number of para-hydroxylation sites is 2. The van der Waals surface area contributed by atoms with Crippen LogP contribution in [0, 0.1) is 0 Å². The van der Waals surface area contributed by atoms with Crippen molar-refractivity contribution in [1.29, 1.82) is 0 Å². The van der Waals surface area contributed by atoms with Gasteiger partial charge in [-0.15, -0.1) is 0 Å². The lowest BCUT2D eigenvalue weighted by atomic mass is 9.84. The Kier molecular flexibility index (Phi) is 8.28. The summed E-state index contributed by atoms with van der Waals surface area (Å²) in [6.07, 6.45) is 6.38. The van der Waals surface area contributed by atoms with E-state index in [2.05, 4.69) is 137 Å². The summed E-state index contributed by atoms with van der Waals surface area (Å²) >= 11 is 0. The summed E-state index contributed by atoms with van der Waals surface area (Å²) in [5.74, 6) is 0.581. The zero-order chi connectivity index (χ0) is 45.2. The summed E-state index contributed by atoms with van der Waals surface area (Å²) in [5, 5.41) is 8.22. The van der Waals surface area contributed by atoms with Gasteiger partial charge in [-0.3, -0.25) is 0 Å². The van der Waals surface area contributed by atoms with Gasteiger partial charge in [-0.25, -0.2) is 0 Å². The maximum Gasteiger partial charge on any atom is 0.179 e. The van der Waals surface area contributed by atoms with Crippen molar-refractivity contribution in [2.45, 2.75) is 38.0 Å². The molecule has 1 aliphatic carbocycles. The second-order valence-corrected chi connectivity index (χ2v) is 20.9. The van der Waals surface area contributed by atoms with Crippen molar-refractivity contribution in [3.05, 3.63) is 230 Å². The fourth-order valence-corrected chi connectivity index (χ4v) is 15.3. The first-order valence-corrected chi connectivity index (χ1v) is 24.4. The Hall–Kier alpha value is -7.20. The molecule has 2 aromatic heterocycles. The molecule has 0 unspecified atom stereocenters. The molecular formula is C60H48N2Si. The molecule has 0 radical (unpaired) electrons. The van der Waals surface area contributed by atoms with E-state index in [-0.39, 0.29) is 29.7 Å². The van der Waals surface area contributed by atoms with Crippen LogP contribution in [0.5, 0.6) is 0 Å². The van der Waals surface area contributed by atoms with Crippen molar-refractivity contribution >= 4 is 72.4 Å². The van der Waals surface area contributed by atoms with Crippen LogP contribution in [-0.2, 0) is 0 Å². The topological polar surface area (TPSA) is 9.86 Å². The molecule has 2 nitrogen and oxygen atoms in total. The summed E-state index contributed by atoms with van der Waals surface area (Å²) in [4.78, 5) is 0. The van der Waals surface area contributed by atoms with Crippen LogP contribution in [0.3, 0.4) is 0 Å². The monoisotopic (exact) mass is 828 g/mol. The van der Waals surface area contributed by atoms with E-state index in [0.29, 0.717) is 16.7 Å². The minimum atomic E-state index is -3.39. The number of hydrogen-bond acceptors (Lipinski definition) is 0. The lowest BCUT2D eigenvalue weighted by molar-refractivity contribution is 0.444. The van der Waals surface area contributed by atoms with Crippen molar-refractivity contribution < 1.29 is 5.48 Å². The number of rotatable bonds is 8. The summed E-state index contributed by atoms with van der Waals surface area (Å²) in [7, 11) is -3.39. The van der Waals surface area contributed by atoms with Crippen LogP contribution in [0.4, 0.5) is 0 Å². The first-order chi connectivity index (χ1) is 32.9. The van der Waals surface area contributed by atoms with E-state index in [1.807, 2.05) is 72.8 Å². The number of benzene rings is 9. The van der Waals surface area contributed by atoms with Gasteiger partial charge in [0.05, 0.1) is 33.2 Å². The molecule has 1 saturated carbocycles. The first-order valence-electron chi connectivity index (χ1n) is 24.4. The summed E-state index contributed by atoms with van der Waals surface area (Å²) in [6, 6.07) is 69.6. The number of nitrogens with zero attached hydrogens (tertiary/aromatic N) is 2. The standard InChI is InChI=1S/C60H48N2Si/c1-5-19-43(20-6-1)46-37-40-53-52-29-13-15-31-55(52)62(59(53)42-46)58-34-18-33-57-60(58)54-30-14-16-32-56(54)61(57)47-22-17-21-45(41-47)44-35-38-51(39-36-44)63(48-23-7-2-8-24-48,49-25-9-3-10-26-49)50-27-11-4-12-28-50/h2-4,7-18,21-43H,1,5-6,19-20H2/i35D,36D,38D,39D. The first kappa shape index (κ1) is 33.4. The largest absolute Gasteiger partial charge is 0.309 e. The highest BCUT2D eigenvalue weighted by molar-refractivity contribution is 7.19. The Morgan fingerprint density at radius 3 is 1.62 bits per heavy atom. The molecule has 3 heteroatoms. The van der Waals surface area contributed by atoms with Crippen LogP contribution in [0.25, 0.3) is 66.1 Å². The van der Waals surface area contributed by atoms with Crippen LogP contribution < -0.4 is 20.7 Å². The zero-order valence-corrected chi connectivity index (χ0v) is 36.1. The van der Waals surface area contributed by atoms with Gasteiger partial charge in [0.25, 0.3) is 0 Å².